The molecule has 0 amide bonds. The maximum Gasteiger partial charge on any atom is 0.149 e. The predicted molar refractivity (Wildman–Crippen MR) is 62.5 cm³/mol. The molecule has 0 bridgehead atoms. The van der Waals surface area contributed by atoms with E-state index >= 15 is 0 Å². The highest BCUT2D eigenvalue weighted by Gasteiger charge is 2.11. The lowest BCUT2D eigenvalue weighted by molar-refractivity contribution is 0.618. The molecule has 0 saturated carbocycles. The van der Waals surface area contributed by atoms with Crippen LogP contribution in [0, 0.1) is 12.7 Å². The van der Waals surface area contributed by atoms with Gasteiger partial charge in [0.2, 0.25) is 0 Å². The molecule has 0 aliphatic heterocycles. The first-order chi connectivity index (χ1) is 7.63. The van der Waals surface area contributed by atoms with Crippen LogP contribution in [0.5, 0.6) is 0 Å². The number of benzene rings is 1. The molecular formula is C12H14FN3. The SMILES string of the molecule is CCc1c(N)n[nH]c1-c1ccc(F)c(C)c1. The van der Waals surface area contributed by atoms with E-state index in [1.165, 1.54) is 6.07 Å². The van der Waals surface area contributed by atoms with Gasteiger partial charge in [-0.2, -0.15) is 5.10 Å². The van der Waals surface area contributed by atoms with E-state index < -0.39 is 0 Å². The van der Waals surface area contributed by atoms with Crippen LogP contribution in [0.2, 0.25) is 0 Å². The van der Waals surface area contributed by atoms with Crippen molar-refractivity contribution < 1.29 is 4.39 Å². The number of aromatic amines is 1. The molecule has 0 atom stereocenters. The number of anilines is 1. The summed E-state index contributed by atoms with van der Waals surface area (Å²) in [5.41, 5.74) is 9.13. The molecule has 0 fully saturated rings. The number of halogens is 1. The largest absolute Gasteiger partial charge is 0.382 e. The highest BCUT2D eigenvalue weighted by molar-refractivity contribution is 5.68. The number of nitrogens with two attached hydrogens (primary N) is 1. The van der Waals surface area contributed by atoms with Crippen molar-refractivity contribution in [2.75, 3.05) is 5.73 Å². The molecule has 16 heavy (non-hydrogen) atoms. The molecule has 84 valence electrons. The van der Waals surface area contributed by atoms with Crippen molar-refractivity contribution in [2.24, 2.45) is 0 Å². The van der Waals surface area contributed by atoms with Gasteiger partial charge < -0.3 is 5.73 Å². The van der Waals surface area contributed by atoms with E-state index in [9.17, 15) is 4.39 Å². The van der Waals surface area contributed by atoms with Gasteiger partial charge in [0.1, 0.15) is 11.6 Å². The first-order valence-corrected chi connectivity index (χ1v) is 5.22. The summed E-state index contributed by atoms with van der Waals surface area (Å²) in [4.78, 5) is 0. The maximum absolute atomic E-state index is 13.2. The van der Waals surface area contributed by atoms with Gasteiger partial charge in [0.25, 0.3) is 0 Å². The molecule has 0 radical (unpaired) electrons. The number of nitrogen functional groups attached to an aromatic ring is 1. The number of H-pyrrole nitrogens is 1. The van der Waals surface area contributed by atoms with Crippen molar-refractivity contribution in [3.05, 3.63) is 35.1 Å². The van der Waals surface area contributed by atoms with E-state index in [0.29, 0.717) is 11.4 Å². The molecular weight excluding hydrogens is 205 g/mol. The lowest BCUT2D eigenvalue weighted by Gasteiger charge is -2.03. The molecule has 0 unspecified atom stereocenters. The second-order valence-electron chi connectivity index (χ2n) is 3.78. The fourth-order valence-electron chi connectivity index (χ4n) is 1.78. The summed E-state index contributed by atoms with van der Waals surface area (Å²) >= 11 is 0. The monoisotopic (exact) mass is 219 g/mol. The minimum absolute atomic E-state index is 0.200. The molecule has 1 aromatic carbocycles. The van der Waals surface area contributed by atoms with Gasteiger partial charge in [0, 0.05) is 11.1 Å². The number of aromatic nitrogens is 2. The van der Waals surface area contributed by atoms with Crippen LogP contribution in [0.4, 0.5) is 10.2 Å². The van der Waals surface area contributed by atoms with E-state index in [4.69, 9.17) is 5.73 Å². The first-order valence-electron chi connectivity index (χ1n) is 5.22. The van der Waals surface area contributed by atoms with E-state index in [-0.39, 0.29) is 5.82 Å². The molecule has 0 aliphatic carbocycles. The zero-order chi connectivity index (χ0) is 11.7. The van der Waals surface area contributed by atoms with Crippen LogP contribution in [0.1, 0.15) is 18.1 Å². The average Bonchev–Trinajstić information content (AvgIpc) is 2.63. The van der Waals surface area contributed by atoms with Crippen molar-refractivity contribution in [3.63, 3.8) is 0 Å². The molecule has 4 heteroatoms. The topological polar surface area (TPSA) is 54.7 Å². The molecule has 0 aliphatic rings. The highest BCUT2D eigenvalue weighted by Crippen LogP contribution is 2.26. The summed E-state index contributed by atoms with van der Waals surface area (Å²) in [5, 5.41) is 6.87. The third-order valence-electron chi connectivity index (χ3n) is 2.70. The van der Waals surface area contributed by atoms with Crippen molar-refractivity contribution in [2.45, 2.75) is 20.3 Å². The van der Waals surface area contributed by atoms with Crippen LogP contribution < -0.4 is 5.73 Å². The zero-order valence-electron chi connectivity index (χ0n) is 9.34. The van der Waals surface area contributed by atoms with Crippen LogP contribution in [0.3, 0.4) is 0 Å². The van der Waals surface area contributed by atoms with Gasteiger partial charge in [0.15, 0.2) is 0 Å². The third-order valence-corrected chi connectivity index (χ3v) is 2.70. The summed E-state index contributed by atoms with van der Waals surface area (Å²) in [7, 11) is 0. The first kappa shape index (κ1) is 10.7. The number of hydrogen-bond donors (Lipinski definition) is 2. The Morgan fingerprint density at radius 2 is 2.19 bits per heavy atom. The van der Waals surface area contributed by atoms with Gasteiger partial charge in [0.05, 0.1) is 5.69 Å². The van der Waals surface area contributed by atoms with Gasteiger partial charge in [-0.25, -0.2) is 4.39 Å². The smallest absolute Gasteiger partial charge is 0.149 e. The van der Waals surface area contributed by atoms with Crippen molar-refractivity contribution in [1.29, 1.82) is 0 Å². The van der Waals surface area contributed by atoms with Crippen LogP contribution in [0.15, 0.2) is 18.2 Å². The van der Waals surface area contributed by atoms with Crippen molar-refractivity contribution >= 4 is 5.82 Å². The number of aryl methyl sites for hydroxylation is 1. The Morgan fingerprint density at radius 3 is 2.81 bits per heavy atom. The van der Waals surface area contributed by atoms with Gasteiger partial charge in [-0.15, -0.1) is 0 Å². The van der Waals surface area contributed by atoms with Gasteiger partial charge in [-0.3, -0.25) is 5.10 Å². The van der Waals surface area contributed by atoms with Crippen LogP contribution in [-0.2, 0) is 6.42 Å². The molecule has 2 rings (SSSR count). The van der Waals surface area contributed by atoms with Gasteiger partial charge in [-0.1, -0.05) is 6.92 Å². The lowest BCUT2D eigenvalue weighted by atomic mass is 10.0. The van der Waals surface area contributed by atoms with Gasteiger partial charge >= 0.3 is 0 Å². The number of nitrogens with one attached hydrogen (secondary N) is 1. The fraction of sp³-hybridized carbons (Fsp3) is 0.250. The second kappa shape index (κ2) is 3.96. The maximum atomic E-state index is 13.2. The van der Waals surface area contributed by atoms with E-state index in [2.05, 4.69) is 10.2 Å². The molecule has 3 N–H and O–H groups in total. The van der Waals surface area contributed by atoms with E-state index in [1.807, 2.05) is 6.92 Å². The summed E-state index contributed by atoms with van der Waals surface area (Å²) in [6.45, 7) is 3.76. The summed E-state index contributed by atoms with van der Waals surface area (Å²) in [6.07, 6.45) is 0.800. The Hall–Kier alpha value is -1.84. The normalized spacial score (nSPS) is 10.7. The Kier molecular flexibility index (Phi) is 2.64. The average molecular weight is 219 g/mol. The highest BCUT2D eigenvalue weighted by atomic mass is 19.1. The van der Waals surface area contributed by atoms with Crippen molar-refractivity contribution in [3.8, 4) is 11.3 Å². The fourth-order valence-corrected chi connectivity index (χ4v) is 1.78. The minimum atomic E-state index is -0.200. The second-order valence-corrected chi connectivity index (χ2v) is 3.78. The summed E-state index contributed by atoms with van der Waals surface area (Å²) in [6, 6.07) is 4.98. The number of rotatable bonds is 2. The molecule has 0 spiro atoms. The summed E-state index contributed by atoms with van der Waals surface area (Å²) in [5.74, 6) is 0.314. The standard InChI is InChI=1S/C12H14FN3/c1-3-9-11(15-16-12(9)14)8-4-5-10(13)7(2)6-8/h4-6H,3H2,1-2H3,(H3,14,15,16). The van der Waals surface area contributed by atoms with Crippen molar-refractivity contribution in [1.82, 2.24) is 10.2 Å². The lowest BCUT2D eigenvalue weighted by Crippen LogP contribution is -1.91. The Morgan fingerprint density at radius 1 is 1.44 bits per heavy atom. The molecule has 2 aromatic rings. The molecule has 1 heterocycles. The van der Waals surface area contributed by atoms with E-state index in [1.54, 1.807) is 19.1 Å². The third kappa shape index (κ3) is 1.66. The number of hydrogen-bond acceptors (Lipinski definition) is 2. The zero-order valence-corrected chi connectivity index (χ0v) is 9.34. The van der Waals surface area contributed by atoms with Crippen LogP contribution in [-0.4, -0.2) is 10.2 Å². The molecule has 0 saturated heterocycles. The Labute approximate surface area is 93.5 Å². The van der Waals surface area contributed by atoms with Crippen LogP contribution >= 0.6 is 0 Å². The quantitative estimate of drug-likeness (QED) is 0.815. The predicted octanol–water partition coefficient (Wildman–Crippen LogP) is 2.67. The van der Waals surface area contributed by atoms with Gasteiger partial charge in [-0.05, 0) is 37.1 Å². The minimum Gasteiger partial charge on any atom is -0.382 e. The summed E-state index contributed by atoms with van der Waals surface area (Å²) < 4.78 is 13.2. The molecule has 3 nitrogen and oxygen atoms in total. The Balaban J connectivity index is 2.54. The number of nitrogens with zero attached hydrogens (tertiary/aromatic N) is 1. The molecule has 1 aromatic heterocycles. The Bertz CT molecular complexity index is 517. The van der Waals surface area contributed by atoms with Crippen LogP contribution in [0.25, 0.3) is 11.3 Å². The van der Waals surface area contributed by atoms with E-state index in [0.717, 1.165) is 23.2 Å².